The minimum absolute atomic E-state index is 0.185. The molecule has 1 heterocycles. The Morgan fingerprint density at radius 1 is 1.43 bits per heavy atom. The van der Waals surface area contributed by atoms with E-state index in [-0.39, 0.29) is 12.0 Å². The van der Waals surface area contributed by atoms with E-state index in [9.17, 15) is 9.90 Å². The molecule has 1 aliphatic carbocycles. The van der Waals surface area contributed by atoms with Crippen LogP contribution in [-0.4, -0.2) is 59.9 Å². The largest absolute Gasteiger partial charge is 0.480 e. The number of nitrogens with zero attached hydrogens (tertiary/aromatic N) is 1. The molecular formula is C16H30N2O3. The smallest absolute Gasteiger partial charge is 0.325 e. The van der Waals surface area contributed by atoms with Crippen LogP contribution in [0.5, 0.6) is 0 Å². The van der Waals surface area contributed by atoms with Crippen LogP contribution in [-0.2, 0) is 9.53 Å². The Labute approximate surface area is 128 Å². The number of morpholine rings is 1. The molecule has 0 spiro atoms. The summed E-state index contributed by atoms with van der Waals surface area (Å²) in [4.78, 5) is 14.4. The van der Waals surface area contributed by atoms with Crippen LogP contribution in [0.25, 0.3) is 0 Å². The highest BCUT2D eigenvalue weighted by Crippen LogP contribution is 2.41. The molecule has 1 saturated carbocycles. The standard InChI is InChI=1S/C16H30N2O3/c1-4-8-17-16(15(19)20,13-6-7-13)11-18-9-12(3)21-10-14(18)5-2/h12-14,17H,4-11H2,1-3H3,(H,19,20). The van der Waals surface area contributed by atoms with Gasteiger partial charge < -0.3 is 15.2 Å². The Morgan fingerprint density at radius 3 is 2.67 bits per heavy atom. The first-order valence-electron chi connectivity index (χ1n) is 8.37. The zero-order valence-electron chi connectivity index (χ0n) is 13.6. The Bertz CT molecular complexity index is 359. The predicted molar refractivity (Wildman–Crippen MR) is 82.5 cm³/mol. The number of hydrogen-bond donors (Lipinski definition) is 2. The minimum atomic E-state index is -0.777. The van der Waals surface area contributed by atoms with Crippen molar-refractivity contribution < 1.29 is 14.6 Å². The second-order valence-electron chi connectivity index (χ2n) is 6.61. The van der Waals surface area contributed by atoms with Crippen molar-refractivity contribution in [2.75, 3.05) is 26.2 Å². The molecule has 3 atom stereocenters. The third-order valence-corrected chi connectivity index (χ3v) is 4.85. The van der Waals surface area contributed by atoms with Crippen LogP contribution in [0, 0.1) is 5.92 Å². The molecule has 1 saturated heterocycles. The average Bonchev–Trinajstić information content (AvgIpc) is 3.28. The van der Waals surface area contributed by atoms with Gasteiger partial charge in [0, 0.05) is 19.1 Å². The summed E-state index contributed by atoms with van der Waals surface area (Å²) in [6.07, 6.45) is 4.20. The lowest BCUT2D eigenvalue weighted by atomic mass is 9.90. The Morgan fingerprint density at radius 2 is 2.14 bits per heavy atom. The number of rotatable bonds is 8. The van der Waals surface area contributed by atoms with Crippen molar-refractivity contribution in [1.82, 2.24) is 10.2 Å². The number of nitrogens with one attached hydrogen (secondary N) is 1. The molecule has 3 unspecified atom stereocenters. The lowest BCUT2D eigenvalue weighted by Gasteiger charge is -2.43. The Balaban J connectivity index is 2.14. The molecule has 5 nitrogen and oxygen atoms in total. The van der Waals surface area contributed by atoms with Crippen LogP contribution >= 0.6 is 0 Å². The number of aliphatic carboxylic acids is 1. The van der Waals surface area contributed by atoms with Gasteiger partial charge in [0.05, 0.1) is 12.7 Å². The molecule has 0 bridgehead atoms. The normalized spacial score (nSPS) is 30.0. The first kappa shape index (κ1) is 16.7. The zero-order valence-corrected chi connectivity index (χ0v) is 13.6. The monoisotopic (exact) mass is 298 g/mol. The van der Waals surface area contributed by atoms with Gasteiger partial charge in [0.15, 0.2) is 0 Å². The number of carboxylic acids is 1. The van der Waals surface area contributed by atoms with Crippen molar-refractivity contribution in [2.24, 2.45) is 5.92 Å². The summed E-state index contributed by atoms with van der Waals surface area (Å²) in [7, 11) is 0. The fourth-order valence-electron chi connectivity index (χ4n) is 3.37. The SMILES string of the molecule is CCCNC(CN1CC(C)OCC1CC)(C(=O)O)C1CC1. The van der Waals surface area contributed by atoms with E-state index < -0.39 is 11.5 Å². The summed E-state index contributed by atoms with van der Waals surface area (Å²) in [5.74, 6) is -0.412. The molecule has 1 aliphatic heterocycles. The molecule has 122 valence electrons. The fourth-order valence-corrected chi connectivity index (χ4v) is 3.37. The molecule has 0 amide bonds. The van der Waals surface area contributed by atoms with Gasteiger partial charge in [0.2, 0.25) is 0 Å². The number of carboxylic acid groups (broad SMARTS) is 1. The third-order valence-electron chi connectivity index (χ3n) is 4.85. The maximum absolute atomic E-state index is 12.0. The topological polar surface area (TPSA) is 61.8 Å². The average molecular weight is 298 g/mol. The molecule has 0 aromatic carbocycles. The van der Waals surface area contributed by atoms with Crippen molar-refractivity contribution in [3.63, 3.8) is 0 Å². The van der Waals surface area contributed by atoms with Gasteiger partial charge >= 0.3 is 5.97 Å². The van der Waals surface area contributed by atoms with Crippen LogP contribution in [0.1, 0.15) is 46.5 Å². The Kier molecular flexibility index (Phi) is 5.63. The minimum Gasteiger partial charge on any atom is -0.480 e. The van der Waals surface area contributed by atoms with Crippen molar-refractivity contribution >= 4 is 5.97 Å². The van der Waals surface area contributed by atoms with E-state index in [1.54, 1.807) is 0 Å². The zero-order chi connectivity index (χ0) is 15.5. The molecule has 2 fully saturated rings. The van der Waals surface area contributed by atoms with E-state index >= 15 is 0 Å². The molecule has 2 N–H and O–H groups in total. The molecule has 21 heavy (non-hydrogen) atoms. The predicted octanol–water partition coefficient (Wildman–Crippen LogP) is 1.72. The summed E-state index contributed by atoms with van der Waals surface area (Å²) < 4.78 is 5.73. The summed E-state index contributed by atoms with van der Waals surface area (Å²) in [6.45, 7) is 9.20. The van der Waals surface area contributed by atoms with E-state index in [1.807, 2.05) is 0 Å². The van der Waals surface area contributed by atoms with Crippen molar-refractivity contribution in [1.29, 1.82) is 0 Å². The number of ether oxygens (including phenoxy) is 1. The van der Waals surface area contributed by atoms with Gasteiger partial charge in [0.25, 0.3) is 0 Å². The van der Waals surface area contributed by atoms with Gasteiger partial charge in [0.1, 0.15) is 5.54 Å². The quantitative estimate of drug-likeness (QED) is 0.714. The first-order chi connectivity index (χ1) is 10.0. The van der Waals surface area contributed by atoms with Gasteiger partial charge in [-0.15, -0.1) is 0 Å². The Hall–Kier alpha value is -0.650. The summed E-state index contributed by atoms with van der Waals surface area (Å²) in [5, 5.41) is 13.3. The van der Waals surface area contributed by atoms with E-state index in [0.717, 1.165) is 38.8 Å². The maximum atomic E-state index is 12.0. The fraction of sp³-hybridized carbons (Fsp3) is 0.938. The highest BCUT2D eigenvalue weighted by molar-refractivity contribution is 5.80. The number of carbonyl (C=O) groups is 1. The van der Waals surface area contributed by atoms with Crippen LogP contribution < -0.4 is 5.32 Å². The van der Waals surface area contributed by atoms with Crippen LogP contribution in [0.2, 0.25) is 0 Å². The molecule has 5 heteroatoms. The second kappa shape index (κ2) is 7.07. The van der Waals surface area contributed by atoms with E-state index in [1.165, 1.54) is 0 Å². The first-order valence-corrected chi connectivity index (χ1v) is 8.37. The van der Waals surface area contributed by atoms with Crippen molar-refractivity contribution in [2.45, 2.75) is 64.1 Å². The van der Waals surface area contributed by atoms with E-state index in [2.05, 4.69) is 31.0 Å². The third kappa shape index (κ3) is 3.76. The van der Waals surface area contributed by atoms with E-state index in [0.29, 0.717) is 19.2 Å². The van der Waals surface area contributed by atoms with Crippen LogP contribution in [0.15, 0.2) is 0 Å². The lowest BCUT2D eigenvalue weighted by molar-refractivity contribution is -0.149. The summed E-state index contributed by atoms with van der Waals surface area (Å²) in [6, 6.07) is 0.335. The highest BCUT2D eigenvalue weighted by Gasteiger charge is 2.52. The van der Waals surface area contributed by atoms with Gasteiger partial charge in [-0.3, -0.25) is 9.69 Å². The van der Waals surface area contributed by atoms with Gasteiger partial charge in [-0.1, -0.05) is 13.8 Å². The van der Waals surface area contributed by atoms with Gasteiger partial charge in [-0.05, 0) is 45.1 Å². The number of hydrogen-bond acceptors (Lipinski definition) is 4. The highest BCUT2D eigenvalue weighted by atomic mass is 16.5. The van der Waals surface area contributed by atoms with Crippen LogP contribution in [0.3, 0.4) is 0 Å². The van der Waals surface area contributed by atoms with Crippen molar-refractivity contribution in [3.05, 3.63) is 0 Å². The molecule has 2 rings (SSSR count). The molecule has 0 radical (unpaired) electrons. The summed E-state index contributed by atoms with van der Waals surface area (Å²) >= 11 is 0. The second-order valence-corrected chi connectivity index (χ2v) is 6.61. The van der Waals surface area contributed by atoms with Crippen molar-refractivity contribution in [3.8, 4) is 0 Å². The van der Waals surface area contributed by atoms with Gasteiger partial charge in [-0.2, -0.15) is 0 Å². The summed E-state index contributed by atoms with van der Waals surface area (Å²) in [5.41, 5.74) is -0.777. The van der Waals surface area contributed by atoms with Gasteiger partial charge in [-0.25, -0.2) is 0 Å². The molecule has 0 aromatic heterocycles. The molecular weight excluding hydrogens is 268 g/mol. The molecule has 2 aliphatic rings. The van der Waals surface area contributed by atoms with Crippen LogP contribution in [0.4, 0.5) is 0 Å². The molecule has 0 aromatic rings. The lowest BCUT2D eigenvalue weighted by Crippen LogP contribution is -2.64. The van der Waals surface area contributed by atoms with E-state index in [4.69, 9.17) is 4.74 Å². The maximum Gasteiger partial charge on any atom is 0.325 e.